The number of carbonyl (C=O) groups is 1. The number of hydrogen-bond donors (Lipinski definition) is 1. The first-order valence-corrected chi connectivity index (χ1v) is 2.62. The number of nitrogens with two attached hydrogens (primary N) is 1. The van der Waals surface area contributed by atoms with Crippen LogP contribution in [0.4, 0.5) is 0 Å². The van der Waals surface area contributed by atoms with Crippen LogP contribution in [0.2, 0.25) is 0 Å². The quantitative estimate of drug-likeness (QED) is 0.423. The predicted molar refractivity (Wildman–Crippen MR) is 31.3 cm³/mol. The van der Waals surface area contributed by atoms with Gasteiger partial charge in [0, 0.05) is 0 Å². The zero-order chi connectivity index (χ0) is 7.28. The van der Waals surface area contributed by atoms with Crippen molar-refractivity contribution in [1.82, 2.24) is 0 Å². The Morgan fingerprint density at radius 3 is 2.67 bits per heavy atom. The molecule has 0 aromatic heterocycles. The molecule has 0 spiro atoms. The summed E-state index contributed by atoms with van der Waals surface area (Å²) >= 11 is 0. The first-order chi connectivity index (χ1) is 4.22. The van der Waals surface area contributed by atoms with Crippen LogP contribution >= 0.6 is 0 Å². The van der Waals surface area contributed by atoms with Crippen LogP contribution in [0.25, 0.3) is 0 Å². The predicted octanol–water partition coefficient (Wildman–Crippen LogP) is -0.314. The van der Waals surface area contributed by atoms with Crippen LogP contribution in [0.3, 0.4) is 0 Å². The smallest absolute Gasteiger partial charge is 0.310 e. The van der Waals surface area contributed by atoms with E-state index < -0.39 is 0 Å². The van der Waals surface area contributed by atoms with Crippen molar-refractivity contribution >= 4 is 5.97 Å². The standard InChI is InChI=1S/C5H11NO3/c1-4(3-9-6)5(7)8-2/h4H,3,6H2,1-2H3/t4-/m1/s1. The Hall–Kier alpha value is -0.610. The van der Waals surface area contributed by atoms with Crippen LogP contribution in [0.1, 0.15) is 6.92 Å². The van der Waals surface area contributed by atoms with Crippen molar-refractivity contribution in [3.63, 3.8) is 0 Å². The third-order valence-electron chi connectivity index (χ3n) is 0.950. The summed E-state index contributed by atoms with van der Waals surface area (Å²) in [5.41, 5.74) is 0. The molecule has 0 fully saturated rings. The van der Waals surface area contributed by atoms with E-state index in [4.69, 9.17) is 5.90 Å². The molecule has 0 aromatic carbocycles. The zero-order valence-corrected chi connectivity index (χ0v) is 5.59. The molecule has 0 saturated carbocycles. The van der Waals surface area contributed by atoms with Gasteiger partial charge in [-0.15, -0.1) is 0 Å². The fourth-order valence-electron chi connectivity index (χ4n) is 0.414. The van der Waals surface area contributed by atoms with E-state index in [0.717, 1.165) is 0 Å². The highest BCUT2D eigenvalue weighted by Crippen LogP contribution is 1.95. The van der Waals surface area contributed by atoms with Gasteiger partial charge >= 0.3 is 5.97 Å². The van der Waals surface area contributed by atoms with Gasteiger partial charge in [0.15, 0.2) is 0 Å². The van der Waals surface area contributed by atoms with Gasteiger partial charge < -0.3 is 9.57 Å². The molecule has 0 radical (unpaired) electrons. The van der Waals surface area contributed by atoms with Crippen molar-refractivity contribution in [2.45, 2.75) is 6.92 Å². The summed E-state index contributed by atoms with van der Waals surface area (Å²) in [6.07, 6.45) is 0. The summed E-state index contributed by atoms with van der Waals surface area (Å²) in [6.45, 7) is 1.88. The van der Waals surface area contributed by atoms with Gasteiger partial charge in [-0.05, 0) is 6.92 Å². The lowest BCUT2D eigenvalue weighted by Crippen LogP contribution is -2.20. The maximum Gasteiger partial charge on any atom is 0.310 e. The minimum atomic E-state index is -0.305. The fourth-order valence-corrected chi connectivity index (χ4v) is 0.414. The number of rotatable bonds is 3. The molecular weight excluding hydrogens is 122 g/mol. The minimum absolute atomic E-state index is 0.201. The SMILES string of the molecule is COC(=O)[C@H](C)CON. The van der Waals surface area contributed by atoms with Crippen LogP contribution in [0.5, 0.6) is 0 Å². The molecule has 0 amide bonds. The van der Waals surface area contributed by atoms with Crippen LogP contribution in [0, 0.1) is 5.92 Å². The van der Waals surface area contributed by atoms with Crippen molar-refractivity contribution < 1.29 is 14.4 Å². The average molecular weight is 133 g/mol. The van der Waals surface area contributed by atoms with Crippen molar-refractivity contribution in [2.24, 2.45) is 11.8 Å². The van der Waals surface area contributed by atoms with Gasteiger partial charge in [0.05, 0.1) is 19.6 Å². The number of carbonyl (C=O) groups excluding carboxylic acids is 1. The summed E-state index contributed by atoms with van der Waals surface area (Å²) in [6, 6.07) is 0. The molecule has 0 aromatic rings. The number of esters is 1. The van der Waals surface area contributed by atoms with Crippen LogP contribution in [-0.4, -0.2) is 19.7 Å². The summed E-state index contributed by atoms with van der Waals surface area (Å²) in [7, 11) is 1.33. The summed E-state index contributed by atoms with van der Waals surface area (Å²) in [4.78, 5) is 14.8. The molecule has 54 valence electrons. The normalized spacial score (nSPS) is 12.8. The Kier molecular flexibility index (Phi) is 4.00. The number of methoxy groups -OCH3 is 1. The third-order valence-corrected chi connectivity index (χ3v) is 0.950. The van der Waals surface area contributed by atoms with Crippen LogP contribution in [0.15, 0.2) is 0 Å². The average Bonchev–Trinajstić information content (AvgIpc) is 1.87. The van der Waals surface area contributed by atoms with Gasteiger partial charge in [-0.3, -0.25) is 4.79 Å². The minimum Gasteiger partial charge on any atom is -0.469 e. The second kappa shape index (κ2) is 4.29. The lowest BCUT2D eigenvalue weighted by Gasteiger charge is -2.05. The topological polar surface area (TPSA) is 61.5 Å². The molecule has 0 aliphatic heterocycles. The van der Waals surface area contributed by atoms with Gasteiger partial charge in [0.25, 0.3) is 0 Å². The first-order valence-electron chi connectivity index (χ1n) is 2.62. The Balaban J connectivity index is 3.45. The lowest BCUT2D eigenvalue weighted by atomic mass is 10.2. The molecular formula is C5H11NO3. The number of ether oxygens (including phenoxy) is 1. The lowest BCUT2D eigenvalue weighted by molar-refractivity contribution is -0.146. The van der Waals surface area contributed by atoms with Crippen LogP contribution < -0.4 is 5.90 Å². The molecule has 0 unspecified atom stereocenters. The molecule has 4 nitrogen and oxygen atoms in total. The monoisotopic (exact) mass is 133 g/mol. The molecule has 2 N–H and O–H groups in total. The van der Waals surface area contributed by atoms with Crippen molar-refractivity contribution in [1.29, 1.82) is 0 Å². The maximum absolute atomic E-state index is 10.5. The Labute approximate surface area is 53.9 Å². The summed E-state index contributed by atoms with van der Waals surface area (Å²) in [5, 5.41) is 0. The van der Waals surface area contributed by atoms with Gasteiger partial charge in [-0.1, -0.05) is 0 Å². The molecule has 0 rings (SSSR count). The van der Waals surface area contributed by atoms with Crippen molar-refractivity contribution in [3.8, 4) is 0 Å². The highest BCUT2D eigenvalue weighted by Gasteiger charge is 2.11. The molecule has 0 bridgehead atoms. The molecule has 1 atom stereocenters. The van der Waals surface area contributed by atoms with E-state index >= 15 is 0 Å². The second-order valence-corrected chi connectivity index (χ2v) is 1.76. The summed E-state index contributed by atoms with van der Waals surface area (Å²) < 4.78 is 4.39. The first kappa shape index (κ1) is 8.39. The van der Waals surface area contributed by atoms with Crippen molar-refractivity contribution in [3.05, 3.63) is 0 Å². The molecule has 9 heavy (non-hydrogen) atoms. The van der Waals surface area contributed by atoms with Gasteiger partial charge in [-0.2, -0.15) is 0 Å². The van der Waals surface area contributed by atoms with Gasteiger partial charge in [-0.25, -0.2) is 5.90 Å². The third kappa shape index (κ3) is 3.05. The van der Waals surface area contributed by atoms with E-state index in [2.05, 4.69) is 9.57 Å². The zero-order valence-electron chi connectivity index (χ0n) is 5.59. The molecule has 0 saturated heterocycles. The Bertz CT molecular complexity index is 94.2. The fraction of sp³-hybridized carbons (Fsp3) is 0.800. The highest BCUT2D eigenvalue weighted by atomic mass is 16.6. The highest BCUT2D eigenvalue weighted by molar-refractivity contribution is 5.71. The van der Waals surface area contributed by atoms with E-state index in [-0.39, 0.29) is 18.5 Å². The Morgan fingerprint density at radius 1 is 1.78 bits per heavy atom. The molecule has 0 aliphatic rings. The number of hydrogen-bond acceptors (Lipinski definition) is 4. The van der Waals surface area contributed by atoms with Crippen molar-refractivity contribution in [2.75, 3.05) is 13.7 Å². The van der Waals surface area contributed by atoms with E-state index in [1.54, 1.807) is 6.92 Å². The second-order valence-electron chi connectivity index (χ2n) is 1.76. The summed E-state index contributed by atoms with van der Waals surface area (Å²) in [5.74, 6) is 4.13. The molecule has 0 aliphatic carbocycles. The van der Waals surface area contributed by atoms with E-state index in [9.17, 15) is 4.79 Å². The van der Waals surface area contributed by atoms with E-state index in [1.807, 2.05) is 0 Å². The van der Waals surface area contributed by atoms with Gasteiger partial charge in [0.1, 0.15) is 0 Å². The van der Waals surface area contributed by atoms with E-state index in [0.29, 0.717) is 0 Å². The molecule has 4 heteroatoms. The maximum atomic E-state index is 10.5. The Morgan fingerprint density at radius 2 is 2.33 bits per heavy atom. The van der Waals surface area contributed by atoms with E-state index in [1.165, 1.54) is 7.11 Å². The molecule has 0 heterocycles. The largest absolute Gasteiger partial charge is 0.469 e. The van der Waals surface area contributed by atoms with Crippen LogP contribution in [-0.2, 0) is 14.4 Å². The van der Waals surface area contributed by atoms with Gasteiger partial charge in [0.2, 0.25) is 0 Å².